The Labute approximate surface area is 332 Å². The summed E-state index contributed by atoms with van der Waals surface area (Å²) in [5, 5.41) is 0. The van der Waals surface area contributed by atoms with Crippen LogP contribution in [-0.2, 0) is 5.41 Å². The zero-order chi connectivity index (χ0) is 40.4. The molecule has 1 aliphatic carbocycles. The van der Waals surface area contributed by atoms with Crippen molar-refractivity contribution in [2.45, 2.75) is 60.8 Å². The van der Waals surface area contributed by atoms with Crippen molar-refractivity contribution in [2.24, 2.45) is 0 Å². The molecule has 5 aromatic carbocycles. The average Bonchev–Trinajstić information content (AvgIpc) is 3.42. The number of rotatable bonds is 9. The summed E-state index contributed by atoms with van der Waals surface area (Å²) in [7, 11) is 0. The van der Waals surface area contributed by atoms with E-state index in [0.29, 0.717) is 0 Å². The minimum absolute atomic E-state index is 0.0733. The topological polar surface area (TPSA) is 0 Å². The minimum Gasteiger partial charge on any atom is -0.0988 e. The quantitative estimate of drug-likeness (QED) is 0.133. The largest absolute Gasteiger partial charge is 0.0988 e. The van der Waals surface area contributed by atoms with Crippen molar-refractivity contribution in [3.05, 3.63) is 215 Å². The first-order valence-electron chi connectivity index (χ1n) is 19.0. The maximum Gasteiger partial charge on any atom is 0.0159 e. The lowest BCUT2D eigenvalue weighted by Crippen LogP contribution is -2.15. The Morgan fingerprint density at radius 1 is 0.582 bits per heavy atom. The van der Waals surface area contributed by atoms with E-state index in [1.54, 1.807) is 0 Å². The van der Waals surface area contributed by atoms with Crippen LogP contribution in [0, 0.1) is 20.8 Å². The highest BCUT2D eigenvalue weighted by Crippen LogP contribution is 2.52. The van der Waals surface area contributed by atoms with Crippen LogP contribution >= 0.6 is 0 Å². The fraction of sp³-hybridized carbons (Fsp3) is 0.164. The zero-order valence-electron chi connectivity index (χ0n) is 34.4. The van der Waals surface area contributed by atoms with Gasteiger partial charge >= 0.3 is 0 Å². The van der Waals surface area contributed by atoms with E-state index in [1.807, 2.05) is 62.4 Å². The Morgan fingerprint density at radius 2 is 1.16 bits per heavy atom. The van der Waals surface area contributed by atoms with Gasteiger partial charge in [0, 0.05) is 5.41 Å². The summed E-state index contributed by atoms with van der Waals surface area (Å²) in [6.45, 7) is 41.1. The molecule has 0 fully saturated rings. The fourth-order valence-corrected chi connectivity index (χ4v) is 7.20. The van der Waals surface area contributed by atoms with E-state index < -0.39 is 0 Å². The standard InChI is InChI=1S/C31H30.C16H18.C8H10/c1-8-12-22-18-23(14-13-21(22)9-2)24-15-16-27-28(19-24)31(6,7)29-17-20(5)25(10-3)26(11-4)30(27)29;1-6-12(3)13(4)14(5)16-11-9-8-10-15(16)7-2;1-7-5-3-4-6-8(7)2/h8-19H,2-4H2,1,5-7H3;6-11H,1-2,5H2,3-4H3;3-6H,1-2H3/b12-8-;13-12-;. The summed E-state index contributed by atoms with van der Waals surface area (Å²) in [5.74, 6) is 0. The zero-order valence-corrected chi connectivity index (χ0v) is 34.4. The molecule has 0 amide bonds. The predicted octanol–water partition coefficient (Wildman–Crippen LogP) is 16.1. The van der Waals surface area contributed by atoms with Crippen LogP contribution in [0.5, 0.6) is 0 Å². The molecule has 55 heavy (non-hydrogen) atoms. The fourth-order valence-electron chi connectivity index (χ4n) is 7.20. The average molecular weight is 719 g/mol. The Kier molecular flexibility index (Phi) is 14.0. The van der Waals surface area contributed by atoms with Crippen molar-refractivity contribution >= 4 is 36.0 Å². The van der Waals surface area contributed by atoms with Crippen molar-refractivity contribution in [2.75, 3.05) is 0 Å². The highest BCUT2D eigenvalue weighted by Gasteiger charge is 2.37. The third-order valence-electron chi connectivity index (χ3n) is 10.9. The van der Waals surface area contributed by atoms with Crippen LogP contribution in [0.1, 0.15) is 95.8 Å². The molecular formula is C55H58. The van der Waals surface area contributed by atoms with E-state index in [1.165, 1.54) is 72.3 Å². The van der Waals surface area contributed by atoms with Gasteiger partial charge in [0.15, 0.2) is 0 Å². The van der Waals surface area contributed by atoms with Gasteiger partial charge in [-0.05, 0) is 154 Å². The molecular weight excluding hydrogens is 661 g/mol. The van der Waals surface area contributed by atoms with Crippen molar-refractivity contribution in [3.63, 3.8) is 0 Å². The van der Waals surface area contributed by atoms with Gasteiger partial charge in [-0.15, -0.1) is 0 Å². The Bertz CT molecular complexity index is 2320. The molecule has 0 spiro atoms. The van der Waals surface area contributed by atoms with Crippen LogP contribution in [0.15, 0.2) is 154 Å². The Morgan fingerprint density at radius 3 is 1.73 bits per heavy atom. The first-order chi connectivity index (χ1) is 26.3. The van der Waals surface area contributed by atoms with Gasteiger partial charge < -0.3 is 0 Å². The van der Waals surface area contributed by atoms with Gasteiger partial charge in [-0.25, -0.2) is 0 Å². The molecule has 0 bridgehead atoms. The summed E-state index contributed by atoms with van der Waals surface area (Å²) >= 11 is 0. The van der Waals surface area contributed by atoms with E-state index in [9.17, 15) is 0 Å². The molecule has 0 aromatic heterocycles. The maximum atomic E-state index is 4.15. The SMILES string of the molecule is C=C/C(C)=C(/C)C(=C)c1ccccc1C=C.C=Cc1ccc(-c2ccc3c(c2)C(C)(C)c2cc(C)c(C=C)c(C=C)c2-3)cc1/C=C\C.Cc1ccccc1C. The summed E-state index contributed by atoms with van der Waals surface area (Å²) < 4.78 is 0. The molecule has 1 aliphatic rings. The van der Waals surface area contributed by atoms with Crippen LogP contribution in [0.2, 0.25) is 0 Å². The second-order valence-electron chi connectivity index (χ2n) is 14.7. The molecule has 0 saturated carbocycles. The van der Waals surface area contributed by atoms with Crippen molar-refractivity contribution in [3.8, 4) is 22.3 Å². The van der Waals surface area contributed by atoms with Crippen LogP contribution in [0.25, 0.3) is 58.2 Å². The molecule has 0 heterocycles. The van der Waals surface area contributed by atoms with Crippen LogP contribution in [0.3, 0.4) is 0 Å². The van der Waals surface area contributed by atoms with Gasteiger partial charge in [0.2, 0.25) is 0 Å². The van der Waals surface area contributed by atoms with Gasteiger partial charge in [-0.1, -0.05) is 175 Å². The number of allylic oxidation sites excluding steroid dienone is 5. The molecule has 278 valence electrons. The van der Waals surface area contributed by atoms with Crippen LogP contribution in [0.4, 0.5) is 0 Å². The summed E-state index contributed by atoms with van der Waals surface area (Å²) in [6.07, 6.45) is 13.8. The lowest BCUT2D eigenvalue weighted by Gasteiger charge is -2.23. The number of benzene rings is 5. The lowest BCUT2D eigenvalue weighted by molar-refractivity contribution is 0.660. The minimum atomic E-state index is -0.0733. The third-order valence-corrected chi connectivity index (χ3v) is 10.9. The van der Waals surface area contributed by atoms with Crippen molar-refractivity contribution < 1.29 is 0 Å². The molecule has 0 atom stereocenters. The smallest absolute Gasteiger partial charge is 0.0159 e. The molecule has 0 radical (unpaired) electrons. The van der Waals surface area contributed by atoms with E-state index in [4.69, 9.17) is 0 Å². The first-order valence-corrected chi connectivity index (χ1v) is 19.0. The molecule has 0 unspecified atom stereocenters. The van der Waals surface area contributed by atoms with E-state index in [0.717, 1.165) is 27.8 Å². The summed E-state index contributed by atoms with van der Waals surface area (Å²) in [6, 6.07) is 32.3. The van der Waals surface area contributed by atoms with Gasteiger partial charge in [0.05, 0.1) is 0 Å². The Balaban J connectivity index is 0.000000232. The molecule has 0 aliphatic heterocycles. The van der Waals surface area contributed by atoms with Gasteiger partial charge in [0.1, 0.15) is 0 Å². The third kappa shape index (κ3) is 8.88. The monoisotopic (exact) mass is 718 g/mol. The molecule has 6 rings (SSSR count). The number of fused-ring (bicyclic) bond motifs is 3. The molecule has 0 N–H and O–H groups in total. The number of hydrogen-bond acceptors (Lipinski definition) is 0. The molecule has 0 saturated heterocycles. The molecule has 5 aromatic rings. The Hall–Kier alpha value is -5.98. The highest BCUT2D eigenvalue weighted by atomic mass is 14.4. The van der Waals surface area contributed by atoms with Crippen LogP contribution in [-0.4, -0.2) is 0 Å². The predicted molar refractivity (Wildman–Crippen MR) is 249 cm³/mol. The van der Waals surface area contributed by atoms with Gasteiger partial charge in [-0.3, -0.25) is 0 Å². The summed E-state index contributed by atoms with van der Waals surface area (Å²) in [4.78, 5) is 0. The second kappa shape index (κ2) is 18.4. The van der Waals surface area contributed by atoms with Gasteiger partial charge in [0.25, 0.3) is 0 Å². The molecule has 0 heteroatoms. The van der Waals surface area contributed by atoms with Crippen molar-refractivity contribution in [1.29, 1.82) is 0 Å². The van der Waals surface area contributed by atoms with E-state index in [-0.39, 0.29) is 5.41 Å². The van der Waals surface area contributed by atoms with Gasteiger partial charge in [-0.2, -0.15) is 0 Å². The lowest BCUT2D eigenvalue weighted by atomic mass is 9.80. The van der Waals surface area contributed by atoms with Crippen molar-refractivity contribution in [1.82, 2.24) is 0 Å². The molecule has 0 nitrogen and oxygen atoms in total. The maximum absolute atomic E-state index is 4.15. The van der Waals surface area contributed by atoms with Crippen LogP contribution < -0.4 is 0 Å². The highest BCUT2D eigenvalue weighted by molar-refractivity contribution is 5.92. The normalized spacial score (nSPS) is 12.4. The number of hydrogen-bond donors (Lipinski definition) is 0. The second-order valence-corrected chi connectivity index (χ2v) is 14.7. The number of aryl methyl sites for hydroxylation is 3. The first kappa shape index (κ1) is 41.8. The van der Waals surface area contributed by atoms with E-state index in [2.05, 4.69) is 166 Å². The summed E-state index contributed by atoms with van der Waals surface area (Å²) in [5.41, 5.74) is 22.0. The van der Waals surface area contributed by atoms with E-state index >= 15 is 0 Å².